The highest BCUT2D eigenvalue weighted by molar-refractivity contribution is 5.92. The number of alkyl halides is 3. The summed E-state index contributed by atoms with van der Waals surface area (Å²) in [7, 11) is 1.22. The number of anilines is 1. The minimum absolute atomic E-state index is 0.147. The number of carbonyl (C=O) groups is 2. The van der Waals surface area contributed by atoms with Crippen LogP contribution in [0.25, 0.3) is 0 Å². The Morgan fingerprint density at radius 3 is 2.25 bits per heavy atom. The van der Waals surface area contributed by atoms with E-state index in [1.165, 1.54) is 19.2 Å². The lowest BCUT2D eigenvalue weighted by Gasteiger charge is -2.22. The maximum Gasteiger partial charge on any atom is 0.573 e. The largest absolute Gasteiger partial charge is 0.573 e. The van der Waals surface area contributed by atoms with E-state index >= 15 is 0 Å². The molecule has 2 amide bonds. The molecule has 0 aliphatic rings. The van der Waals surface area contributed by atoms with Crippen LogP contribution in [0.15, 0.2) is 24.3 Å². The van der Waals surface area contributed by atoms with Crippen LogP contribution in [0.3, 0.4) is 0 Å². The van der Waals surface area contributed by atoms with Crippen LogP contribution in [0.1, 0.15) is 20.3 Å². The minimum Gasteiger partial charge on any atom is -0.467 e. The second-order valence-electron chi connectivity index (χ2n) is 5.06. The van der Waals surface area contributed by atoms with Gasteiger partial charge in [0.15, 0.2) is 0 Å². The van der Waals surface area contributed by atoms with Gasteiger partial charge < -0.3 is 20.1 Å². The van der Waals surface area contributed by atoms with Crippen LogP contribution in [-0.4, -0.2) is 31.5 Å². The summed E-state index contributed by atoms with van der Waals surface area (Å²) < 4.78 is 44.6. The van der Waals surface area contributed by atoms with E-state index in [0.717, 1.165) is 12.1 Å². The SMILES string of the molecule is CC[C@H](C)[C@@H](NC(=O)Nc1ccc(OC(F)(F)F)cc1)C(=O)OC. The highest BCUT2D eigenvalue weighted by Gasteiger charge is 2.31. The molecule has 6 nitrogen and oxygen atoms in total. The molecular formula is C15H19F3N2O4. The number of halogens is 3. The van der Waals surface area contributed by atoms with Crippen molar-refractivity contribution in [1.82, 2.24) is 5.32 Å². The van der Waals surface area contributed by atoms with Gasteiger partial charge in [0.05, 0.1) is 7.11 Å². The molecule has 0 radical (unpaired) electrons. The standard InChI is InChI=1S/C15H19F3N2O4/c1-4-9(2)12(13(21)23-3)20-14(22)19-10-5-7-11(8-6-10)24-15(16,17)18/h5-9,12H,4H2,1-3H3,(H2,19,20,22)/t9-,12+/m0/s1. The van der Waals surface area contributed by atoms with Crippen LogP contribution in [0, 0.1) is 5.92 Å². The van der Waals surface area contributed by atoms with Gasteiger partial charge in [-0.3, -0.25) is 0 Å². The molecule has 0 fully saturated rings. The molecular weight excluding hydrogens is 329 g/mol. The van der Waals surface area contributed by atoms with E-state index in [-0.39, 0.29) is 11.6 Å². The lowest BCUT2D eigenvalue weighted by atomic mass is 9.99. The number of benzene rings is 1. The molecule has 1 aromatic carbocycles. The summed E-state index contributed by atoms with van der Waals surface area (Å²) in [6.45, 7) is 3.64. The second-order valence-corrected chi connectivity index (χ2v) is 5.06. The smallest absolute Gasteiger partial charge is 0.467 e. The summed E-state index contributed by atoms with van der Waals surface area (Å²) in [4.78, 5) is 23.6. The maximum absolute atomic E-state index is 12.1. The Morgan fingerprint density at radius 1 is 1.21 bits per heavy atom. The molecule has 2 N–H and O–H groups in total. The molecule has 0 spiro atoms. The first-order valence-electron chi connectivity index (χ1n) is 7.17. The molecule has 134 valence electrons. The Labute approximate surface area is 137 Å². The Hall–Kier alpha value is -2.45. The summed E-state index contributed by atoms with van der Waals surface area (Å²) in [5, 5.41) is 4.91. The molecule has 0 saturated heterocycles. The third-order valence-electron chi connectivity index (χ3n) is 3.30. The Morgan fingerprint density at radius 2 is 1.79 bits per heavy atom. The predicted molar refractivity (Wildman–Crippen MR) is 80.5 cm³/mol. The van der Waals surface area contributed by atoms with Crippen LogP contribution in [0.5, 0.6) is 5.75 Å². The molecule has 0 aliphatic heterocycles. The van der Waals surface area contributed by atoms with Gasteiger partial charge in [-0.25, -0.2) is 9.59 Å². The molecule has 0 aromatic heterocycles. The molecule has 1 aromatic rings. The van der Waals surface area contributed by atoms with Gasteiger partial charge in [0.2, 0.25) is 0 Å². The molecule has 1 rings (SSSR count). The number of nitrogens with one attached hydrogen (secondary N) is 2. The predicted octanol–water partition coefficient (Wildman–Crippen LogP) is 3.29. The van der Waals surface area contributed by atoms with E-state index in [0.29, 0.717) is 6.42 Å². The normalized spacial score (nSPS) is 13.6. The van der Waals surface area contributed by atoms with Gasteiger partial charge in [0.1, 0.15) is 11.8 Å². The van der Waals surface area contributed by atoms with Gasteiger partial charge in [-0.15, -0.1) is 13.2 Å². The van der Waals surface area contributed by atoms with Crippen LogP contribution in [0.4, 0.5) is 23.7 Å². The van der Waals surface area contributed by atoms with Crippen molar-refractivity contribution < 1.29 is 32.2 Å². The fourth-order valence-electron chi connectivity index (χ4n) is 1.84. The van der Waals surface area contributed by atoms with Crippen LogP contribution in [-0.2, 0) is 9.53 Å². The first kappa shape index (κ1) is 19.6. The zero-order valence-electron chi connectivity index (χ0n) is 13.4. The Bertz CT molecular complexity index is 561. The van der Waals surface area contributed by atoms with E-state index in [1.54, 1.807) is 6.92 Å². The molecule has 9 heteroatoms. The first-order valence-corrected chi connectivity index (χ1v) is 7.17. The third kappa shape index (κ3) is 6.35. The number of amides is 2. The molecule has 0 unspecified atom stereocenters. The van der Waals surface area contributed by atoms with Crippen molar-refractivity contribution in [2.45, 2.75) is 32.7 Å². The van der Waals surface area contributed by atoms with Crippen molar-refractivity contribution >= 4 is 17.7 Å². The molecule has 0 saturated carbocycles. The van der Waals surface area contributed by atoms with Crippen molar-refractivity contribution in [2.75, 3.05) is 12.4 Å². The van der Waals surface area contributed by atoms with Crippen LogP contribution >= 0.6 is 0 Å². The zero-order chi connectivity index (χ0) is 18.3. The van der Waals surface area contributed by atoms with Crippen molar-refractivity contribution in [1.29, 1.82) is 0 Å². The van der Waals surface area contributed by atoms with Crippen molar-refractivity contribution in [3.8, 4) is 5.75 Å². The van der Waals surface area contributed by atoms with E-state index in [9.17, 15) is 22.8 Å². The highest BCUT2D eigenvalue weighted by atomic mass is 19.4. The zero-order valence-corrected chi connectivity index (χ0v) is 13.4. The summed E-state index contributed by atoms with van der Waals surface area (Å²) in [5.74, 6) is -1.13. The fourth-order valence-corrected chi connectivity index (χ4v) is 1.84. The van der Waals surface area contributed by atoms with Gasteiger partial charge in [0, 0.05) is 5.69 Å². The third-order valence-corrected chi connectivity index (χ3v) is 3.30. The quantitative estimate of drug-likeness (QED) is 0.774. The summed E-state index contributed by atoms with van der Waals surface area (Å²) in [5.41, 5.74) is 0.245. The maximum atomic E-state index is 12.1. The minimum atomic E-state index is -4.78. The number of esters is 1. The van der Waals surface area contributed by atoms with Crippen molar-refractivity contribution in [3.05, 3.63) is 24.3 Å². The van der Waals surface area contributed by atoms with Gasteiger partial charge >= 0.3 is 18.4 Å². The molecule has 0 bridgehead atoms. The van der Waals surface area contributed by atoms with Crippen molar-refractivity contribution in [2.24, 2.45) is 5.92 Å². The average molecular weight is 348 g/mol. The van der Waals surface area contributed by atoms with E-state index in [4.69, 9.17) is 0 Å². The van der Waals surface area contributed by atoms with Gasteiger partial charge in [0.25, 0.3) is 0 Å². The number of urea groups is 1. The monoisotopic (exact) mass is 348 g/mol. The lowest BCUT2D eigenvalue weighted by Crippen LogP contribution is -2.47. The Kier molecular flexibility index (Phi) is 6.87. The summed E-state index contributed by atoms with van der Waals surface area (Å²) in [6.07, 6.45) is -4.14. The lowest BCUT2D eigenvalue weighted by molar-refractivity contribution is -0.274. The number of rotatable bonds is 6. The molecule has 2 atom stereocenters. The first-order chi connectivity index (χ1) is 11.2. The molecule has 0 aliphatic carbocycles. The molecule has 24 heavy (non-hydrogen) atoms. The van der Waals surface area contributed by atoms with E-state index in [2.05, 4.69) is 20.1 Å². The summed E-state index contributed by atoms with van der Waals surface area (Å²) >= 11 is 0. The number of carbonyl (C=O) groups excluding carboxylic acids is 2. The number of hydrogen-bond donors (Lipinski definition) is 2. The average Bonchev–Trinajstić information content (AvgIpc) is 2.51. The summed E-state index contributed by atoms with van der Waals surface area (Å²) in [6, 6.07) is 3.13. The Balaban J connectivity index is 2.68. The van der Waals surface area contributed by atoms with Gasteiger partial charge in [-0.2, -0.15) is 0 Å². The number of methoxy groups -OCH3 is 1. The number of hydrogen-bond acceptors (Lipinski definition) is 4. The van der Waals surface area contributed by atoms with Gasteiger partial charge in [-0.1, -0.05) is 20.3 Å². The van der Waals surface area contributed by atoms with Crippen molar-refractivity contribution in [3.63, 3.8) is 0 Å². The topological polar surface area (TPSA) is 76.7 Å². The second kappa shape index (κ2) is 8.42. The van der Waals surface area contributed by atoms with E-state index < -0.39 is 30.2 Å². The van der Waals surface area contributed by atoms with Crippen LogP contribution < -0.4 is 15.4 Å². The fraction of sp³-hybridized carbons (Fsp3) is 0.467. The van der Waals surface area contributed by atoms with E-state index in [1.807, 2.05) is 6.92 Å². The van der Waals surface area contributed by atoms with Gasteiger partial charge in [-0.05, 0) is 30.2 Å². The van der Waals surface area contributed by atoms with Crippen LogP contribution in [0.2, 0.25) is 0 Å². The molecule has 0 heterocycles. The highest BCUT2D eigenvalue weighted by Crippen LogP contribution is 2.23. The number of ether oxygens (including phenoxy) is 2.